The molecular formula is C38H29F3N8. The van der Waals surface area contributed by atoms with E-state index in [-0.39, 0.29) is 11.5 Å². The number of nitrogens with one attached hydrogen (secondary N) is 1. The van der Waals surface area contributed by atoms with E-state index >= 15 is 0 Å². The molecule has 1 N–H and O–H groups in total. The third-order valence-electron chi connectivity index (χ3n) is 8.06. The highest BCUT2D eigenvalue weighted by Crippen LogP contribution is 2.44. The molecule has 0 fully saturated rings. The van der Waals surface area contributed by atoms with Gasteiger partial charge < -0.3 is 4.90 Å². The molecule has 11 heteroatoms. The zero-order valence-electron chi connectivity index (χ0n) is 26.2. The Kier molecular flexibility index (Phi) is 8.31. The number of nitrogens with zero attached hydrogens (tertiary/aromatic N) is 7. The topological polar surface area (TPSA) is 86.7 Å². The predicted octanol–water partition coefficient (Wildman–Crippen LogP) is 9.25. The van der Waals surface area contributed by atoms with Crippen molar-refractivity contribution in [1.82, 2.24) is 30.1 Å². The average molecular weight is 655 g/mol. The van der Waals surface area contributed by atoms with Crippen LogP contribution in [-0.2, 0) is 11.7 Å². The predicted molar refractivity (Wildman–Crippen MR) is 183 cm³/mol. The monoisotopic (exact) mass is 654 g/mol. The Morgan fingerprint density at radius 3 is 1.67 bits per heavy atom. The van der Waals surface area contributed by atoms with E-state index in [1.54, 1.807) is 18.3 Å². The van der Waals surface area contributed by atoms with E-state index in [1.807, 2.05) is 150 Å². The number of H-pyrrole nitrogens is 1. The number of hydrogen-bond acceptors (Lipinski definition) is 7. The lowest BCUT2D eigenvalue weighted by atomic mass is 9.88. The second kappa shape index (κ2) is 13.0. The Bertz CT molecular complexity index is 2060. The van der Waals surface area contributed by atoms with Crippen LogP contribution in [0.25, 0.3) is 11.5 Å². The molecule has 0 aliphatic heterocycles. The molecule has 1 atom stereocenters. The van der Waals surface area contributed by atoms with Gasteiger partial charge in [0.2, 0.25) is 5.82 Å². The van der Waals surface area contributed by atoms with Gasteiger partial charge in [-0.3, -0.25) is 10.00 Å². The minimum Gasteiger partial charge on any atom is -0.324 e. The van der Waals surface area contributed by atoms with Gasteiger partial charge in [0.15, 0.2) is 5.82 Å². The lowest BCUT2D eigenvalue weighted by molar-refractivity contribution is -0.144. The normalized spacial score (nSPS) is 12.7. The van der Waals surface area contributed by atoms with Gasteiger partial charge >= 0.3 is 6.18 Å². The van der Waals surface area contributed by atoms with Crippen molar-refractivity contribution in [3.8, 4) is 11.5 Å². The van der Waals surface area contributed by atoms with Gasteiger partial charge in [-0.05, 0) is 79.7 Å². The van der Waals surface area contributed by atoms with Crippen LogP contribution in [0.15, 0.2) is 152 Å². The summed E-state index contributed by atoms with van der Waals surface area (Å²) in [6, 6.07) is 46.1. The zero-order chi connectivity index (χ0) is 33.8. The third kappa shape index (κ3) is 6.21. The van der Waals surface area contributed by atoms with Gasteiger partial charge in [0.25, 0.3) is 0 Å². The van der Waals surface area contributed by atoms with E-state index in [2.05, 4.69) is 20.0 Å². The summed E-state index contributed by atoms with van der Waals surface area (Å²) < 4.78 is 40.4. The van der Waals surface area contributed by atoms with Crippen LogP contribution in [0.5, 0.6) is 0 Å². The molecular weight excluding hydrogens is 625 g/mol. The number of rotatable bonds is 9. The molecule has 7 aromatic rings. The zero-order valence-corrected chi connectivity index (χ0v) is 26.2. The average Bonchev–Trinajstić information content (AvgIpc) is 3.66. The minimum absolute atomic E-state index is 0.172. The molecule has 0 aliphatic carbocycles. The van der Waals surface area contributed by atoms with Crippen LogP contribution >= 0.6 is 0 Å². The summed E-state index contributed by atoms with van der Waals surface area (Å²) in [6.07, 6.45) is -2.95. The van der Waals surface area contributed by atoms with Crippen molar-refractivity contribution < 1.29 is 13.2 Å². The van der Waals surface area contributed by atoms with Crippen molar-refractivity contribution >= 4 is 28.7 Å². The van der Waals surface area contributed by atoms with E-state index in [1.165, 1.54) is 0 Å². The highest BCUT2D eigenvalue weighted by molar-refractivity contribution is 5.73. The summed E-state index contributed by atoms with van der Waals surface area (Å²) >= 11 is 0. The number of aromatic nitrogens is 6. The molecule has 0 saturated carbocycles. The second-order valence-electron chi connectivity index (χ2n) is 11.2. The molecule has 8 nitrogen and oxygen atoms in total. The molecule has 1 unspecified atom stereocenters. The number of para-hydroxylation sites is 3. The smallest absolute Gasteiger partial charge is 0.324 e. The first-order valence-corrected chi connectivity index (χ1v) is 15.4. The van der Waals surface area contributed by atoms with Crippen LogP contribution in [0.3, 0.4) is 0 Å². The Morgan fingerprint density at radius 1 is 0.551 bits per heavy atom. The first-order valence-electron chi connectivity index (χ1n) is 15.4. The molecule has 0 aliphatic rings. The van der Waals surface area contributed by atoms with Crippen molar-refractivity contribution in [2.24, 2.45) is 0 Å². The Labute approximate surface area is 280 Å². The van der Waals surface area contributed by atoms with Crippen molar-refractivity contribution in [1.29, 1.82) is 0 Å². The fraction of sp³-hybridized carbons (Fsp3) is 0.0789. The summed E-state index contributed by atoms with van der Waals surface area (Å²) in [4.78, 5) is 22.7. The SMILES string of the molecule is CC(c1cccc(-c2n[nH]c(C(F)(F)F)n2)n1)(c1cccc(N(c2ccccc2)c2ccccn2)n1)N(c1ccccc1)c1ccccc1. The van der Waals surface area contributed by atoms with Gasteiger partial charge in [0.05, 0.1) is 11.4 Å². The van der Waals surface area contributed by atoms with E-state index in [4.69, 9.17) is 9.97 Å². The molecule has 4 aromatic heterocycles. The summed E-state index contributed by atoms with van der Waals surface area (Å²) in [5, 5.41) is 5.85. The Balaban J connectivity index is 1.46. The van der Waals surface area contributed by atoms with Gasteiger partial charge in [-0.15, -0.1) is 0 Å². The maximum Gasteiger partial charge on any atom is 0.451 e. The number of halogens is 3. The van der Waals surface area contributed by atoms with Gasteiger partial charge in [-0.25, -0.2) is 19.9 Å². The van der Waals surface area contributed by atoms with Crippen molar-refractivity contribution in [2.75, 3.05) is 9.80 Å². The highest BCUT2D eigenvalue weighted by atomic mass is 19.4. The lowest BCUT2D eigenvalue weighted by Gasteiger charge is -2.42. The molecule has 242 valence electrons. The number of benzene rings is 3. The third-order valence-corrected chi connectivity index (χ3v) is 8.06. The second-order valence-corrected chi connectivity index (χ2v) is 11.2. The Hall–Kier alpha value is -6.36. The van der Waals surface area contributed by atoms with E-state index in [0.717, 1.165) is 17.1 Å². The standard InChI is InChI=1S/C38H29F3N8/c1-37(49(28-17-7-3-8-18-28)29-19-9-4-10-20-29,31-22-13-21-30(43-31)35-45-36(47-46-35)38(39,40)41)32-23-14-25-34(44-32)48(27-15-5-2-6-16-27)33-24-11-12-26-42-33/h2-26H,1H3,(H,45,46,47). The summed E-state index contributed by atoms with van der Waals surface area (Å²) in [5.41, 5.74) is 2.71. The summed E-state index contributed by atoms with van der Waals surface area (Å²) in [6.45, 7) is 2.00. The summed E-state index contributed by atoms with van der Waals surface area (Å²) in [7, 11) is 0. The highest BCUT2D eigenvalue weighted by Gasteiger charge is 2.41. The first-order chi connectivity index (χ1) is 23.8. The van der Waals surface area contributed by atoms with Crippen molar-refractivity contribution in [3.05, 3.63) is 169 Å². The van der Waals surface area contributed by atoms with Crippen LogP contribution < -0.4 is 9.80 Å². The molecule has 0 saturated heterocycles. The van der Waals surface area contributed by atoms with Gasteiger partial charge in [-0.2, -0.15) is 18.3 Å². The van der Waals surface area contributed by atoms with E-state index < -0.39 is 17.5 Å². The first kappa shape index (κ1) is 31.3. The van der Waals surface area contributed by atoms with Crippen LogP contribution in [0, 0.1) is 0 Å². The molecule has 0 amide bonds. The van der Waals surface area contributed by atoms with Crippen LogP contribution in [0.4, 0.5) is 41.9 Å². The van der Waals surface area contributed by atoms with Crippen molar-refractivity contribution in [2.45, 2.75) is 18.6 Å². The number of anilines is 5. The minimum atomic E-state index is -4.68. The van der Waals surface area contributed by atoms with Crippen LogP contribution in [0.1, 0.15) is 24.1 Å². The van der Waals surface area contributed by atoms with Gasteiger partial charge in [0.1, 0.15) is 22.9 Å². The lowest BCUT2D eigenvalue weighted by Crippen LogP contribution is -2.43. The molecule has 0 bridgehead atoms. The summed E-state index contributed by atoms with van der Waals surface area (Å²) in [5.74, 6) is -0.0879. The maximum absolute atomic E-state index is 13.5. The number of alkyl halides is 3. The number of hydrogen-bond donors (Lipinski definition) is 1. The van der Waals surface area contributed by atoms with Gasteiger partial charge in [-0.1, -0.05) is 72.8 Å². The molecule has 0 spiro atoms. The maximum atomic E-state index is 13.5. The van der Waals surface area contributed by atoms with E-state index in [9.17, 15) is 13.2 Å². The molecule has 7 rings (SSSR count). The Morgan fingerprint density at radius 2 is 1.10 bits per heavy atom. The quantitative estimate of drug-likeness (QED) is 0.166. The number of aromatic amines is 1. The molecule has 3 aromatic carbocycles. The van der Waals surface area contributed by atoms with Crippen LogP contribution in [-0.4, -0.2) is 30.1 Å². The van der Waals surface area contributed by atoms with Crippen LogP contribution in [0.2, 0.25) is 0 Å². The largest absolute Gasteiger partial charge is 0.451 e. The van der Waals surface area contributed by atoms with Gasteiger partial charge in [0, 0.05) is 23.3 Å². The molecule has 0 radical (unpaired) electrons. The fourth-order valence-electron chi connectivity index (χ4n) is 5.78. The molecule has 4 heterocycles. The fourth-order valence-corrected chi connectivity index (χ4v) is 5.78. The van der Waals surface area contributed by atoms with Crippen molar-refractivity contribution in [3.63, 3.8) is 0 Å². The van der Waals surface area contributed by atoms with E-state index in [0.29, 0.717) is 23.0 Å². The molecule has 49 heavy (non-hydrogen) atoms. The number of pyridine rings is 3.